The minimum atomic E-state index is -0.342. The van der Waals surface area contributed by atoms with Crippen LogP contribution in [0, 0.1) is 24.0 Å². The monoisotopic (exact) mass is 286 g/mol. The molecular formula is C15H18N4O2. The van der Waals surface area contributed by atoms with E-state index in [1.54, 1.807) is 26.2 Å². The van der Waals surface area contributed by atoms with Crippen LogP contribution in [0.4, 0.5) is 5.69 Å². The fraction of sp³-hybridized carbons (Fsp3) is 0.333. The Kier molecular flexibility index (Phi) is 4.94. The van der Waals surface area contributed by atoms with Crippen LogP contribution >= 0.6 is 0 Å². The van der Waals surface area contributed by atoms with Crippen molar-refractivity contribution in [1.82, 2.24) is 15.3 Å². The Bertz CT molecular complexity index is 629. The molecule has 0 atom stereocenters. The van der Waals surface area contributed by atoms with Crippen molar-refractivity contribution in [3.8, 4) is 0 Å². The highest BCUT2D eigenvalue weighted by atomic mass is 16.6. The molecule has 0 saturated heterocycles. The fourth-order valence-electron chi connectivity index (χ4n) is 2.21. The van der Waals surface area contributed by atoms with Gasteiger partial charge in [0.2, 0.25) is 0 Å². The third kappa shape index (κ3) is 3.82. The van der Waals surface area contributed by atoms with Gasteiger partial charge in [0.25, 0.3) is 5.69 Å². The summed E-state index contributed by atoms with van der Waals surface area (Å²) in [7, 11) is 0. The van der Waals surface area contributed by atoms with Gasteiger partial charge in [-0.25, -0.2) is 0 Å². The summed E-state index contributed by atoms with van der Waals surface area (Å²) in [5, 5.41) is 14.3. The van der Waals surface area contributed by atoms with Gasteiger partial charge in [0, 0.05) is 36.3 Å². The van der Waals surface area contributed by atoms with Crippen molar-refractivity contribution >= 4 is 5.69 Å². The van der Waals surface area contributed by atoms with Gasteiger partial charge in [-0.3, -0.25) is 20.1 Å². The Morgan fingerprint density at radius 3 is 2.81 bits per heavy atom. The van der Waals surface area contributed by atoms with Crippen LogP contribution in [-0.4, -0.2) is 21.4 Å². The first-order valence-electron chi connectivity index (χ1n) is 6.78. The molecule has 0 amide bonds. The van der Waals surface area contributed by atoms with E-state index in [9.17, 15) is 10.1 Å². The summed E-state index contributed by atoms with van der Waals surface area (Å²) in [6.45, 7) is 4.75. The van der Waals surface area contributed by atoms with Crippen molar-refractivity contribution < 1.29 is 4.92 Å². The van der Waals surface area contributed by atoms with Gasteiger partial charge in [-0.1, -0.05) is 6.07 Å². The van der Waals surface area contributed by atoms with E-state index in [1.807, 2.05) is 18.3 Å². The molecule has 0 fully saturated rings. The minimum Gasteiger partial charge on any atom is -0.311 e. The lowest BCUT2D eigenvalue weighted by molar-refractivity contribution is -0.386. The van der Waals surface area contributed by atoms with E-state index in [4.69, 9.17) is 0 Å². The first-order chi connectivity index (χ1) is 10.1. The summed E-state index contributed by atoms with van der Waals surface area (Å²) < 4.78 is 0. The van der Waals surface area contributed by atoms with E-state index in [-0.39, 0.29) is 10.6 Å². The van der Waals surface area contributed by atoms with Crippen LogP contribution in [0.5, 0.6) is 0 Å². The summed E-state index contributed by atoms with van der Waals surface area (Å²) in [6, 6.07) is 3.93. The molecular weight excluding hydrogens is 268 g/mol. The third-order valence-corrected chi connectivity index (χ3v) is 3.36. The molecule has 0 radical (unpaired) electrons. The second-order valence-corrected chi connectivity index (χ2v) is 4.91. The van der Waals surface area contributed by atoms with Crippen LogP contribution in [0.3, 0.4) is 0 Å². The zero-order chi connectivity index (χ0) is 15.2. The van der Waals surface area contributed by atoms with E-state index in [0.717, 1.165) is 24.2 Å². The first-order valence-corrected chi connectivity index (χ1v) is 6.78. The molecule has 2 rings (SSSR count). The maximum Gasteiger partial charge on any atom is 0.278 e. The molecule has 0 saturated carbocycles. The number of hydrogen-bond acceptors (Lipinski definition) is 5. The van der Waals surface area contributed by atoms with E-state index in [2.05, 4.69) is 15.3 Å². The van der Waals surface area contributed by atoms with E-state index < -0.39 is 0 Å². The normalized spacial score (nSPS) is 10.6. The van der Waals surface area contributed by atoms with Gasteiger partial charge in [-0.15, -0.1) is 0 Å². The second kappa shape index (κ2) is 6.90. The van der Waals surface area contributed by atoms with Crippen LogP contribution in [0.2, 0.25) is 0 Å². The Labute approximate surface area is 123 Å². The van der Waals surface area contributed by atoms with Crippen molar-refractivity contribution in [2.45, 2.75) is 26.8 Å². The van der Waals surface area contributed by atoms with E-state index in [1.165, 1.54) is 0 Å². The summed E-state index contributed by atoms with van der Waals surface area (Å²) in [4.78, 5) is 19.1. The molecule has 0 aliphatic carbocycles. The highest BCUT2D eigenvalue weighted by molar-refractivity contribution is 5.47. The van der Waals surface area contributed by atoms with Gasteiger partial charge in [-0.2, -0.15) is 0 Å². The number of nitro groups is 1. The standard InChI is InChI=1S/C15H18N4O2/c1-11-8-18-14(12(2)15(11)19(20)21)10-17-7-5-13-4-3-6-16-9-13/h3-4,6,8-9,17H,5,7,10H2,1-2H3. The number of aromatic nitrogens is 2. The van der Waals surface area contributed by atoms with Gasteiger partial charge in [0.05, 0.1) is 10.6 Å². The Hall–Kier alpha value is -2.34. The number of aryl methyl sites for hydroxylation is 1. The highest BCUT2D eigenvalue weighted by Crippen LogP contribution is 2.23. The molecule has 110 valence electrons. The zero-order valence-corrected chi connectivity index (χ0v) is 12.2. The minimum absolute atomic E-state index is 0.161. The van der Waals surface area contributed by atoms with Crippen molar-refractivity contribution in [3.63, 3.8) is 0 Å². The van der Waals surface area contributed by atoms with Gasteiger partial charge in [0.1, 0.15) is 0 Å². The number of pyridine rings is 2. The second-order valence-electron chi connectivity index (χ2n) is 4.91. The van der Waals surface area contributed by atoms with Crippen LogP contribution in [0.25, 0.3) is 0 Å². The first kappa shape index (κ1) is 15.1. The number of hydrogen-bond donors (Lipinski definition) is 1. The molecule has 1 N–H and O–H groups in total. The lowest BCUT2D eigenvalue weighted by Gasteiger charge is -2.08. The molecule has 0 unspecified atom stereocenters. The van der Waals surface area contributed by atoms with Gasteiger partial charge < -0.3 is 5.32 Å². The Balaban J connectivity index is 1.95. The van der Waals surface area contributed by atoms with Gasteiger partial charge >= 0.3 is 0 Å². The molecule has 21 heavy (non-hydrogen) atoms. The van der Waals surface area contributed by atoms with E-state index >= 15 is 0 Å². The quantitative estimate of drug-likeness (QED) is 0.501. The molecule has 2 aromatic rings. The zero-order valence-electron chi connectivity index (χ0n) is 12.2. The molecule has 6 heteroatoms. The summed E-state index contributed by atoms with van der Waals surface area (Å²) >= 11 is 0. The van der Waals surface area contributed by atoms with Crippen molar-refractivity contribution in [1.29, 1.82) is 0 Å². The Morgan fingerprint density at radius 1 is 1.33 bits per heavy atom. The van der Waals surface area contributed by atoms with Crippen LogP contribution < -0.4 is 5.32 Å². The predicted molar refractivity (Wildman–Crippen MR) is 80.0 cm³/mol. The van der Waals surface area contributed by atoms with Crippen LogP contribution in [-0.2, 0) is 13.0 Å². The molecule has 2 aromatic heterocycles. The van der Waals surface area contributed by atoms with Crippen LogP contribution in [0.1, 0.15) is 22.4 Å². The summed E-state index contributed by atoms with van der Waals surface area (Å²) in [6.07, 6.45) is 6.00. The lowest BCUT2D eigenvalue weighted by atomic mass is 10.1. The fourth-order valence-corrected chi connectivity index (χ4v) is 2.21. The predicted octanol–water partition coefficient (Wildman–Crippen LogP) is 2.33. The highest BCUT2D eigenvalue weighted by Gasteiger charge is 2.18. The topological polar surface area (TPSA) is 81.0 Å². The molecule has 6 nitrogen and oxygen atoms in total. The number of rotatable bonds is 6. The van der Waals surface area contributed by atoms with E-state index in [0.29, 0.717) is 17.7 Å². The van der Waals surface area contributed by atoms with Crippen molar-refractivity contribution in [2.24, 2.45) is 0 Å². The molecule has 0 aromatic carbocycles. The maximum absolute atomic E-state index is 11.1. The molecule has 0 aliphatic heterocycles. The number of nitrogens with one attached hydrogen (secondary N) is 1. The van der Waals surface area contributed by atoms with Crippen molar-refractivity contribution in [2.75, 3.05) is 6.54 Å². The molecule has 0 bridgehead atoms. The SMILES string of the molecule is Cc1cnc(CNCCc2cccnc2)c(C)c1[N+](=O)[O-]. The summed E-state index contributed by atoms with van der Waals surface area (Å²) in [5.74, 6) is 0. The third-order valence-electron chi connectivity index (χ3n) is 3.36. The average molecular weight is 286 g/mol. The van der Waals surface area contributed by atoms with Crippen LogP contribution in [0.15, 0.2) is 30.7 Å². The molecule has 0 spiro atoms. The van der Waals surface area contributed by atoms with Gasteiger partial charge in [-0.05, 0) is 38.4 Å². The smallest absolute Gasteiger partial charge is 0.278 e. The number of nitrogens with zero attached hydrogens (tertiary/aromatic N) is 3. The summed E-state index contributed by atoms with van der Waals surface area (Å²) in [5.41, 5.74) is 3.27. The molecule has 0 aliphatic rings. The average Bonchev–Trinajstić information content (AvgIpc) is 2.46. The largest absolute Gasteiger partial charge is 0.311 e. The lowest BCUT2D eigenvalue weighted by Crippen LogP contribution is -2.18. The molecule has 2 heterocycles. The van der Waals surface area contributed by atoms with Crippen molar-refractivity contribution in [3.05, 3.63) is 63.2 Å². The maximum atomic E-state index is 11.1. The Morgan fingerprint density at radius 2 is 2.14 bits per heavy atom. The van der Waals surface area contributed by atoms with Gasteiger partial charge in [0.15, 0.2) is 0 Å².